The van der Waals surface area contributed by atoms with Crippen molar-refractivity contribution in [1.29, 1.82) is 0 Å². The standard InChI is InChI=1S/C45H44.C2H6/c1-5-19-39(38-25-14-13-20-34(38)6-2)45-42-28-17-15-26-40(42)44(41-27-16-18-29-43(41)45)33(4)31-37(36-23-11-8-12-24-36)30-32(3)35-21-9-7-10-22-35;1-2/h7,9-11,13-21,23-31,35H,3,5-6,8,12,22H2,1-2,4H3;1-2H3/b33-31+,37-30+,39-19+;. The Balaban J connectivity index is 0.00000213. The van der Waals surface area contributed by atoms with Gasteiger partial charge in [0.25, 0.3) is 0 Å². The Kier molecular flexibility index (Phi) is 11.6. The molecule has 0 heteroatoms. The van der Waals surface area contributed by atoms with Gasteiger partial charge in [-0.2, -0.15) is 0 Å². The highest BCUT2D eigenvalue weighted by Crippen LogP contribution is 2.43. The van der Waals surface area contributed by atoms with Crippen molar-refractivity contribution < 1.29 is 0 Å². The highest BCUT2D eigenvalue weighted by atomic mass is 14.2. The summed E-state index contributed by atoms with van der Waals surface area (Å²) in [5.41, 5.74) is 11.6. The number of hydrogen-bond acceptors (Lipinski definition) is 0. The van der Waals surface area contributed by atoms with Crippen molar-refractivity contribution in [3.63, 3.8) is 0 Å². The third-order valence-electron chi connectivity index (χ3n) is 9.19. The summed E-state index contributed by atoms with van der Waals surface area (Å²) in [4.78, 5) is 0. The molecule has 0 saturated carbocycles. The van der Waals surface area contributed by atoms with Crippen LogP contribution in [-0.4, -0.2) is 0 Å². The minimum atomic E-state index is 0.336. The second kappa shape index (κ2) is 16.2. The zero-order valence-electron chi connectivity index (χ0n) is 29.0. The van der Waals surface area contributed by atoms with Crippen LogP contribution in [0.1, 0.15) is 82.6 Å². The summed E-state index contributed by atoms with van der Waals surface area (Å²) in [7, 11) is 0. The Labute approximate surface area is 283 Å². The Bertz CT molecular complexity index is 1900. The molecule has 0 N–H and O–H groups in total. The summed E-state index contributed by atoms with van der Waals surface area (Å²) < 4.78 is 0. The normalized spacial score (nSPS) is 16.7. The van der Waals surface area contributed by atoms with Crippen molar-refractivity contribution in [1.82, 2.24) is 0 Å². The van der Waals surface area contributed by atoms with E-state index in [1.807, 2.05) is 13.8 Å². The first-order chi connectivity index (χ1) is 23.1. The molecule has 6 rings (SSSR count). The van der Waals surface area contributed by atoms with Crippen LogP contribution in [0, 0.1) is 5.92 Å². The number of rotatable bonds is 9. The summed E-state index contributed by atoms with van der Waals surface area (Å²) in [5.74, 6) is 0.336. The number of benzene rings is 4. The first-order valence-electron chi connectivity index (χ1n) is 17.6. The zero-order valence-corrected chi connectivity index (χ0v) is 29.0. The smallest absolute Gasteiger partial charge is 0.00500 e. The van der Waals surface area contributed by atoms with Crippen LogP contribution in [0.5, 0.6) is 0 Å². The minimum Gasteiger partial charge on any atom is -0.0952 e. The quantitative estimate of drug-likeness (QED) is 0.130. The van der Waals surface area contributed by atoms with E-state index in [1.165, 1.54) is 66.1 Å². The van der Waals surface area contributed by atoms with Gasteiger partial charge in [0.15, 0.2) is 0 Å². The number of aryl methyl sites for hydroxylation is 1. The maximum absolute atomic E-state index is 4.54. The minimum absolute atomic E-state index is 0.336. The molecule has 4 aromatic carbocycles. The molecule has 0 spiro atoms. The van der Waals surface area contributed by atoms with E-state index in [0.29, 0.717) is 5.92 Å². The predicted molar refractivity (Wildman–Crippen MR) is 210 cm³/mol. The van der Waals surface area contributed by atoms with Crippen molar-refractivity contribution in [3.05, 3.63) is 179 Å². The summed E-state index contributed by atoms with van der Waals surface area (Å²) >= 11 is 0. The lowest BCUT2D eigenvalue weighted by Crippen LogP contribution is -2.01. The Morgan fingerprint density at radius 2 is 1.40 bits per heavy atom. The van der Waals surface area contributed by atoms with Crippen molar-refractivity contribution >= 4 is 32.7 Å². The first-order valence-corrected chi connectivity index (χ1v) is 17.6. The summed E-state index contributed by atoms with van der Waals surface area (Å²) in [6, 6.07) is 27.0. The lowest BCUT2D eigenvalue weighted by atomic mass is 9.82. The van der Waals surface area contributed by atoms with Crippen molar-refractivity contribution in [2.24, 2.45) is 5.92 Å². The van der Waals surface area contributed by atoms with Crippen LogP contribution in [0.15, 0.2) is 157 Å². The van der Waals surface area contributed by atoms with Crippen LogP contribution in [-0.2, 0) is 6.42 Å². The summed E-state index contributed by atoms with van der Waals surface area (Å²) in [5, 5.41) is 5.19. The molecule has 2 aliphatic carbocycles. The number of hydrogen-bond donors (Lipinski definition) is 0. The topological polar surface area (TPSA) is 0 Å². The van der Waals surface area contributed by atoms with E-state index in [-0.39, 0.29) is 0 Å². The molecule has 0 aromatic heterocycles. The van der Waals surface area contributed by atoms with Gasteiger partial charge in [-0.25, -0.2) is 0 Å². The van der Waals surface area contributed by atoms with Gasteiger partial charge in [-0.05, 0) is 111 Å². The highest BCUT2D eigenvalue weighted by molar-refractivity contribution is 6.17. The molecule has 2 aliphatic rings. The molecule has 238 valence electrons. The van der Waals surface area contributed by atoms with Gasteiger partial charge in [0, 0.05) is 5.92 Å². The fourth-order valence-corrected chi connectivity index (χ4v) is 6.99. The predicted octanol–water partition coefficient (Wildman–Crippen LogP) is 13.7. The molecule has 47 heavy (non-hydrogen) atoms. The lowest BCUT2D eigenvalue weighted by Gasteiger charge is -2.21. The molecule has 0 heterocycles. The number of fused-ring (bicyclic) bond motifs is 2. The van der Waals surface area contributed by atoms with E-state index in [9.17, 15) is 0 Å². The molecule has 0 fully saturated rings. The molecule has 1 unspecified atom stereocenters. The van der Waals surface area contributed by atoms with Gasteiger partial charge in [0.05, 0.1) is 0 Å². The van der Waals surface area contributed by atoms with E-state index < -0.39 is 0 Å². The van der Waals surface area contributed by atoms with E-state index in [2.05, 4.69) is 161 Å². The molecule has 0 amide bonds. The van der Waals surface area contributed by atoms with Crippen LogP contribution < -0.4 is 0 Å². The van der Waals surface area contributed by atoms with Crippen molar-refractivity contribution in [2.75, 3.05) is 0 Å². The van der Waals surface area contributed by atoms with Gasteiger partial charge in [0.2, 0.25) is 0 Å². The molecule has 4 aromatic rings. The Morgan fingerprint density at radius 1 is 0.766 bits per heavy atom. The van der Waals surface area contributed by atoms with Crippen molar-refractivity contribution in [3.8, 4) is 0 Å². The van der Waals surface area contributed by atoms with Crippen LogP contribution in [0.4, 0.5) is 0 Å². The van der Waals surface area contributed by atoms with Gasteiger partial charge in [-0.1, -0.05) is 168 Å². The maximum atomic E-state index is 4.54. The Hall–Kier alpha value is -4.68. The molecule has 0 aliphatic heterocycles. The van der Waals surface area contributed by atoms with Gasteiger partial charge in [-0.3, -0.25) is 0 Å². The first kappa shape index (κ1) is 33.7. The highest BCUT2D eigenvalue weighted by Gasteiger charge is 2.20. The van der Waals surface area contributed by atoms with E-state index in [4.69, 9.17) is 0 Å². The molecule has 1 atom stereocenters. The SMILES string of the molecule is C=C(/C=C(\C=C(/C)c1c2ccccc2c(/C(=C/CC)c2ccccc2CC)c2ccccc12)C1=CCCC=C1)C1C=CC=CC1.CC. The third-order valence-corrected chi connectivity index (χ3v) is 9.19. The Morgan fingerprint density at radius 3 is 1.98 bits per heavy atom. The van der Waals surface area contributed by atoms with Crippen LogP contribution >= 0.6 is 0 Å². The van der Waals surface area contributed by atoms with Gasteiger partial charge >= 0.3 is 0 Å². The average Bonchev–Trinajstić information content (AvgIpc) is 3.14. The average molecular weight is 615 g/mol. The van der Waals surface area contributed by atoms with Crippen LogP contribution in [0.25, 0.3) is 32.7 Å². The monoisotopic (exact) mass is 614 g/mol. The summed E-state index contributed by atoms with van der Waals surface area (Å²) in [6.07, 6.45) is 28.1. The van der Waals surface area contributed by atoms with Gasteiger partial charge in [0.1, 0.15) is 0 Å². The van der Waals surface area contributed by atoms with E-state index in [1.54, 1.807) is 0 Å². The second-order valence-corrected chi connectivity index (χ2v) is 12.2. The molecular weight excluding hydrogens is 565 g/mol. The molecule has 0 radical (unpaired) electrons. The van der Waals surface area contributed by atoms with Crippen LogP contribution in [0.2, 0.25) is 0 Å². The number of allylic oxidation sites excluding steroid dienone is 14. The van der Waals surface area contributed by atoms with E-state index in [0.717, 1.165) is 37.7 Å². The zero-order chi connectivity index (χ0) is 33.2. The second-order valence-electron chi connectivity index (χ2n) is 12.2. The van der Waals surface area contributed by atoms with Crippen molar-refractivity contribution in [2.45, 2.75) is 66.7 Å². The largest absolute Gasteiger partial charge is 0.0952 e. The molecule has 0 saturated heterocycles. The third kappa shape index (κ3) is 7.34. The lowest BCUT2D eigenvalue weighted by molar-refractivity contribution is 0.789. The fourth-order valence-electron chi connectivity index (χ4n) is 6.99. The maximum Gasteiger partial charge on any atom is 0.00500 e. The van der Waals surface area contributed by atoms with Gasteiger partial charge < -0.3 is 0 Å². The molecule has 0 bridgehead atoms. The van der Waals surface area contributed by atoms with E-state index >= 15 is 0 Å². The molecule has 0 nitrogen and oxygen atoms in total. The fraction of sp³-hybridized carbons (Fsp3) is 0.234. The van der Waals surface area contributed by atoms with Gasteiger partial charge in [-0.15, -0.1) is 0 Å². The summed E-state index contributed by atoms with van der Waals surface area (Å²) in [6.45, 7) is 15.3. The van der Waals surface area contributed by atoms with Crippen LogP contribution in [0.3, 0.4) is 0 Å². The molecular formula is C47H50.